The third kappa shape index (κ3) is 1050. The quantitative estimate of drug-likeness (QED) is 0.426. The largest absolute Gasteiger partial charge is 2.00 e. The smallest absolute Gasteiger partial charge is 0.693 e. The third-order valence-corrected chi connectivity index (χ3v) is 0. The third-order valence-electron chi connectivity index (χ3n) is 0. The van der Waals surface area contributed by atoms with Gasteiger partial charge in [-0.15, -0.1) is 0 Å². The Hall–Kier alpha value is 1.03. The van der Waals surface area contributed by atoms with Crippen molar-refractivity contribution in [3.05, 3.63) is 24.6 Å². The first-order chi connectivity index (χ1) is 0. The van der Waals surface area contributed by atoms with Crippen molar-refractivity contribution in [1.82, 2.24) is 0 Å². The summed E-state index contributed by atoms with van der Waals surface area (Å²) in [4.78, 5) is 0. The molecule has 84 valence electrons. The van der Waals surface area contributed by atoms with Gasteiger partial charge >= 0.3 is 43.4 Å². The fraction of sp³-hybridized carbons (Fsp3) is 0. The van der Waals surface area contributed by atoms with E-state index >= 15 is 0 Å². The van der Waals surface area contributed by atoms with E-state index < -0.39 is 0 Å². The van der Waals surface area contributed by atoms with Crippen LogP contribution in [0.25, 0.3) is 24.6 Å². The van der Waals surface area contributed by atoms with Gasteiger partial charge in [-0.1, -0.05) is 0 Å². The number of hydrogen-bond acceptors (Lipinski definition) is 0. The second-order valence-electron chi connectivity index (χ2n) is 0. The molecule has 0 aliphatic heterocycles. The van der Waals surface area contributed by atoms with Crippen molar-refractivity contribution in [3.63, 3.8) is 0 Å². The molecule has 0 rings (SSSR count). The van der Waals surface area contributed by atoms with Crippen LogP contribution >= 0.6 is 0 Å². The van der Waals surface area contributed by atoms with Crippen molar-refractivity contribution in [1.29, 1.82) is 0 Å². The zero-order valence-corrected chi connectivity index (χ0v) is 9.43. The van der Waals surface area contributed by atoms with Crippen LogP contribution in [0.15, 0.2) is 0 Å². The zero-order valence-electron chi connectivity index (χ0n) is 6.31. The van der Waals surface area contributed by atoms with Crippen molar-refractivity contribution < 1.29 is 76.3 Å². The normalized spacial score (nSPS) is 0. The van der Waals surface area contributed by atoms with Gasteiger partial charge in [-0.05, 0) is 0 Å². The molecule has 0 bridgehead atoms. The molecule has 0 radical (unpaired) electrons. The predicted octanol–water partition coefficient (Wildman–Crippen LogP) is -2.08. The SMILES string of the molecule is O.O.O.O.O.O.[NH2-].[NH2-].[NH2-].[NH2-].[Ti+2].[Ti+2]. The zero-order chi connectivity index (χ0) is 0. The van der Waals surface area contributed by atoms with Crippen molar-refractivity contribution >= 4 is 0 Å². The van der Waals surface area contributed by atoms with E-state index in [0.717, 1.165) is 0 Å². The second-order valence-corrected chi connectivity index (χ2v) is 0. The molecule has 0 aliphatic rings. The Morgan fingerprint density at radius 3 is 0.250 bits per heavy atom. The fourth-order valence-corrected chi connectivity index (χ4v) is 0. The number of hydrogen-bond donors (Lipinski definition) is 0. The van der Waals surface area contributed by atoms with E-state index in [1.54, 1.807) is 0 Å². The minimum absolute atomic E-state index is 0. The molecule has 0 amide bonds. The van der Waals surface area contributed by atoms with Gasteiger partial charge in [-0.25, -0.2) is 0 Å². The van der Waals surface area contributed by atoms with Crippen molar-refractivity contribution in [2.75, 3.05) is 0 Å². The summed E-state index contributed by atoms with van der Waals surface area (Å²) in [5.41, 5.74) is 0. The van der Waals surface area contributed by atoms with Crippen molar-refractivity contribution in [2.45, 2.75) is 0 Å². The predicted molar refractivity (Wildman–Crippen MR) is 42.8 cm³/mol. The average molecular weight is 268 g/mol. The maximum Gasteiger partial charge on any atom is 2.00 e. The van der Waals surface area contributed by atoms with E-state index in [9.17, 15) is 0 Å². The monoisotopic (exact) mass is 268 g/mol. The van der Waals surface area contributed by atoms with Crippen LogP contribution in [0.5, 0.6) is 0 Å². The standard InChI is InChI=1S/4H2N.6H2O.2Ti/h10*1H2;;/q4*-1;;;;;;;2*+2. The minimum Gasteiger partial charge on any atom is -0.693 e. The maximum absolute atomic E-state index is 0. The van der Waals surface area contributed by atoms with E-state index in [4.69, 9.17) is 0 Å². The maximum atomic E-state index is 0. The molecule has 0 aromatic rings. The molecule has 12 heteroatoms. The first-order valence-electron chi connectivity index (χ1n) is 0. The summed E-state index contributed by atoms with van der Waals surface area (Å²) in [7, 11) is 0. The van der Waals surface area contributed by atoms with Crippen LogP contribution in [-0.4, -0.2) is 32.9 Å². The summed E-state index contributed by atoms with van der Waals surface area (Å²) in [5, 5.41) is 0. The molecule has 0 unspecified atom stereocenters. The molecular formula is H20N4O6Ti2. The van der Waals surface area contributed by atoms with Crippen LogP contribution < -0.4 is 0 Å². The summed E-state index contributed by atoms with van der Waals surface area (Å²) >= 11 is 0. The van der Waals surface area contributed by atoms with Crippen LogP contribution in [0, 0.1) is 0 Å². The molecule has 0 spiro atoms. The van der Waals surface area contributed by atoms with Crippen LogP contribution in [0.4, 0.5) is 0 Å². The molecule has 10 nitrogen and oxygen atoms in total. The fourth-order valence-electron chi connectivity index (χ4n) is 0. The van der Waals surface area contributed by atoms with E-state index in [1.165, 1.54) is 0 Å². The van der Waals surface area contributed by atoms with Gasteiger partial charge in [0.25, 0.3) is 0 Å². The molecule has 12 heavy (non-hydrogen) atoms. The first kappa shape index (κ1) is 1780. The Morgan fingerprint density at radius 1 is 0.250 bits per heavy atom. The van der Waals surface area contributed by atoms with E-state index in [1.807, 2.05) is 0 Å². The van der Waals surface area contributed by atoms with Crippen LogP contribution in [0.3, 0.4) is 0 Å². The Labute approximate surface area is 101 Å². The Bertz CT molecular complexity index is 17.5. The molecular weight excluding hydrogens is 248 g/mol. The topological polar surface area (TPSA) is 323 Å². The molecule has 0 fully saturated rings. The number of rotatable bonds is 0. The van der Waals surface area contributed by atoms with Gasteiger partial charge in [-0.3, -0.25) is 0 Å². The van der Waals surface area contributed by atoms with Gasteiger partial charge in [-0.2, -0.15) is 0 Å². The van der Waals surface area contributed by atoms with E-state index in [0.29, 0.717) is 0 Å². The summed E-state index contributed by atoms with van der Waals surface area (Å²) < 4.78 is 0. The van der Waals surface area contributed by atoms with Gasteiger partial charge in [0, 0.05) is 0 Å². The molecule has 0 saturated heterocycles. The summed E-state index contributed by atoms with van der Waals surface area (Å²) in [6.45, 7) is 0. The Kier molecular flexibility index (Phi) is 205000. The summed E-state index contributed by atoms with van der Waals surface area (Å²) in [5.74, 6) is 0. The molecule has 20 N–H and O–H groups in total. The molecule has 0 saturated carbocycles. The number of nitrogens with two attached hydrogens (primary N) is 4. The van der Waals surface area contributed by atoms with Crippen LogP contribution in [0.2, 0.25) is 0 Å². The van der Waals surface area contributed by atoms with Gasteiger partial charge in [0.15, 0.2) is 0 Å². The molecule has 0 aromatic carbocycles. The molecule has 0 heterocycles. The second kappa shape index (κ2) is 1380. The van der Waals surface area contributed by atoms with Gasteiger partial charge in [0.2, 0.25) is 0 Å². The van der Waals surface area contributed by atoms with Crippen LogP contribution in [-0.2, 0) is 43.4 Å². The minimum atomic E-state index is 0. The summed E-state index contributed by atoms with van der Waals surface area (Å²) in [6.07, 6.45) is 0. The van der Waals surface area contributed by atoms with Crippen molar-refractivity contribution in [2.24, 2.45) is 0 Å². The van der Waals surface area contributed by atoms with E-state index in [2.05, 4.69) is 0 Å². The van der Waals surface area contributed by atoms with Gasteiger partial charge in [0.1, 0.15) is 0 Å². The molecule has 0 atom stereocenters. The molecule has 0 aliphatic carbocycles. The van der Waals surface area contributed by atoms with Gasteiger partial charge in [0.05, 0.1) is 0 Å². The Balaban J connectivity index is 0. The first-order valence-corrected chi connectivity index (χ1v) is 0. The van der Waals surface area contributed by atoms with Crippen molar-refractivity contribution in [3.8, 4) is 0 Å². The van der Waals surface area contributed by atoms with Gasteiger partial charge < -0.3 is 57.5 Å². The van der Waals surface area contributed by atoms with E-state index in [-0.39, 0.29) is 101 Å². The van der Waals surface area contributed by atoms with Crippen LogP contribution in [0.1, 0.15) is 0 Å². The summed E-state index contributed by atoms with van der Waals surface area (Å²) in [6, 6.07) is 0. The average Bonchev–Trinajstić information content (AvgIpc) is 0. The Morgan fingerprint density at radius 2 is 0.250 bits per heavy atom. The molecule has 0 aromatic heterocycles.